The first-order valence-corrected chi connectivity index (χ1v) is 5.94. The maximum Gasteiger partial charge on any atom is 0.314 e. The van der Waals surface area contributed by atoms with Crippen molar-refractivity contribution < 1.29 is 14.7 Å². The summed E-state index contributed by atoms with van der Waals surface area (Å²) in [4.78, 5) is 25.9. The summed E-state index contributed by atoms with van der Waals surface area (Å²) in [5.74, 6) is -2.18. The standard InChI is InChI=1S/C14H15NO3/c1-2-10(14(17)18)13(16)7-9-8-15-12-6-4-3-5-11(9)12/h3-6,8,10,15H,2,7H2,1H3,(H,17,18). The highest BCUT2D eigenvalue weighted by Gasteiger charge is 2.24. The van der Waals surface area contributed by atoms with Gasteiger partial charge in [0, 0.05) is 23.5 Å². The number of aromatic amines is 1. The molecule has 4 nitrogen and oxygen atoms in total. The Hall–Kier alpha value is -2.10. The summed E-state index contributed by atoms with van der Waals surface area (Å²) in [6, 6.07) is 7.67. The molecule has 2 rings (SSSR count). The molecule has 0 bridgehead atoms. The Labute approximate surface area is 105 Å². The largest absolute Gasteiger partial charge is 0.481 e. The number of rotatable bonds is 5. The van der Waals surface area contributed by atoms with E-state index in [1.807, 2.05) is 24.3 Å². The summed E-state index contributed by atoms with van der Waals surface area (Å²) in [7, 11) is 0. The highest BCUT2D eigenvalue weighted by atomic mass is 16.4. The number of Topliss-reactive ketones (excluding diaryl/α,β-unsaturated/α-hetero) is 1. The molecule has 0 fully saturated rings. The van der Waals surface area contributed by atoms with Gasteiger partial charge in [0.25, 0.3) is 0 Å². The molecule has 0 amide bonds. The van der Waals surface area contributed by atoms with Gasteiger partial charge in [-0.1, -0.05) is 25.1 Å². The molecule has 1 unspecified atom stereocenters. The number of fused-ring (bicyclic) bond motifs is 1. The van der Waals surface area contributed by atoms with Crippen LogP contribution in [-0.2, 0) is 16.0 Å². The van der Waals surface area contributed by atoms with E-state index in [1.165, 1.54) is 0 Å². The predicted molar refractivity (Wildman–Crippen MR) is 68.4 cm³/mol. The number of para-hydroxylation sites is 1. The second-order valence-electron chi connectivity index (χ2n) is 4.30. The van der Waals surface area contributed by atoms with Crippen LogP contribution in [0.3, 0.4) is 0 Å². The van der Waals surface area contributed by atoms with E-state index < -0.39 is 11.9 Å². The van der Waals surface area contributed by atoms with Crippen LogP contribution in [0.25, 0.3) is 10.9 Å². The van der Waals surface area contributed by atoms with Crippen LogP contribution in [0.4, 0.5) is 0 Å². The molecule has 0 aliphatic heterocycles. The Morgan fingerprint density at radius 2 is 2.06 bits per heavy atom. The zero-order chi connectivity index (χ0) is 13.1. The van der Waals surface area contributed by atoms with Crippen molar-refractivity contribution in [2.45, 2.75) is 19.8 Å². The van der Waals surface area contributed by atoms with Crippen molar-refractivity contribution in [2.75, 3.05) is 0 Å². The molecule has 1 aromatic carbocycles. The summed E-state index contributed by atoms with van der Waals surface area (Å²) < 4.78 is 0. The van der Waals surface area contributed by atoms with Gasteiger partial charge < -0.3 is 10.1 Å². The molecule has 1 atom stereocenters. The second kappa shape index (κ2) is 5.04. The SMILES string of the molecule is CCC(C(=O)O)C(=O)Cc1c[nH]c2ccccc12. The maximum absolute atomic E-state index is 11.9. The molecule has 2 N–H and O–H groups in total. The third kappa shape index (κ3) is 2.27. The van der Waals surface area contributed by atoms with Crippen LogP contribution < -0.4 is 0 Å². The van der Waals surface area contributed by atoms with E-state index in [0.29, 0.717) is 6.42 Å². The summed E-state index contributed by atoms with van der Waals surface area (Å²) in [6.45, 7) is 1.71. The molecule has 0 aliphatic rings. The van der Waals surface area contributed by atoms with E-state index in [0.717, 1.165) is 16.5 Å². The van der Waals surface area contributed by atoms with Crippen molar-refractivity contribution in [3.05, 3.63) is 36.0 Å². The summed E-state index contributed by atoms with van der Waals surface area (Å²) in [5.41, 5.74) is 1.82. The fourth-order valence-electron chi connectivity index (χ4n) is 2.13. The van der Waals surface area contributed by atoms with Crippen molar-refractivity contribution in [3.8, 4) is 0 Å². The second-order valence-corrected chi connectivity index (χ2v) is 4.30. The molecular formula is C14H15NO3. The Morgan fingerprint density at radius 3 is 2.72 bits per heavy atom. The monoisotopic (exact) mass is 245 g/mol. The molecule has 0 radical (unpaired) electrons. The zero-order valence-electron chi connectivity index (χ0n) is 10.1. The fraction of sp³-hybridized carbons (Fsp3) is 0.286. The lowest BCUT2D eigenvalue weighted by Crippen LogP contribution is -2.24. The van der Waals surface area contributed by atoms with Crippen molar-refractivity contribution >= 4 is 22.7 Å². The van der Waals surface area contributed by atoms with Gasteiger partial charge in [-0.25, -0.2) is 0 Å². The molecule has 4 heteroatoms. The average Bonchev–Trinajstić information content (AvgIpc) is 2.73. The van der Waals surface area contributed by atoms with Gasteiger partial charge >= 0.3 is 5.97 Å². The smallest absolute Gasteiger partial charge is 0.314 e. The van der Waals surface area contributed by atoms with Crippen LogP contribution in [0.5, 0.6) is 0 Å². The van der Waals surface area contributed by atoms with Gasteiger partial charge in [-0.05, 0) is 18.1 Å². The molecule has 0 spiro atoms. The molecule has 94 valence electrons. The first kappa shape index (κ1) is 12.4. The topological polar surface area (TPSA) is 70.2 Å². The van der Waals surface area contributed by atoms with E-state index in [4.69, 9.17) is 5.11 Å². The van der Waals surface area contributed by atoms with Crippen LogP contribution in [0, 0.1) is 5.92 Å². The highest BCUT2D eigenvalue weighted by molar-refractivity contribution is 6.00. The fourth-order valence-corrected chi connectivity index (χ4v) is 2.13. The molecule has 1 heterocycles. The number of benzene rings is 1. The first-order valence-electron chi connectivity index (χ1n) is 5.94. The van der Waals surface area contributed by atoms with Crippen molar-refractivity contribution in [3.63, 3.8) is 0 Å². The molecule has 0 saturated carbocycles. The lowest BCUT2D eigenvalue weighted by Gasteiger charge is -2.07. The van der Waals surface area contributed by atoms with Crippen molar-refractivity contribution in [1.29, 1.82) is 0 Å². The lowest BCUT2D eigenvalue weighted by atomic mass is 9.95. The maximum atomic E-state index is 11.9. The number of carboxylic acid groups (broad SMARTS) is 1. The van der Waals surface area contributed by atoms with E-state index >= 15 is 0 Å². The van der Waals surface area contributed by atoms with Crippen LogP contribution in [0.1, 0.15) is 18.9 Å². The number of aromatic nitrogens is 1. The molecule has 2 aromatic rings. The summed E-state index contributed by atoms with van der Waals surface area (Å²) >= 11 is 0. The lowest BCUT2D eigenvalue weighted by molar-refractivity contribution is -0.146. The molecular weight excluding hydrogens is 230 g/mol. The van der Waals surface area contributed by atoms with Gasteiger partial charge in [-0.2, -0.15) is 0 Å². The Bertz CT molecular complexity index is 585. The number of nitrogens with one attached hydrogen (secondary N) is 1. The van der Waals surface area contributed by atoms with Crippen molar-refractivity contribution in [1.82, 2.24) is 4.98 Å². The Kier molecular flexibility index (Phi) is 3.46. The van der Waals surface area contributed by atoms with E-state index in [9.17, 15) is 9.59 Å². The number of carbonyl (C=O) groups excluding carboxylic acids is 1. The third-order valence-corrected chi connectivity index (χ3v) is 3.13. The van der Waals surface area contributed by atoms with Gasteiger partial charge in [0.05, 0.1) is 0 Å². The average molecular weight is 245 g/mol. The van der Waals surface area contributed by atoms with Crippen LogP contribution in [0.15, 0.2) is 30.5 Å². The van der Waals surface area contributed by atoms with E-state index in [1.54, 1.807) is 13.1 Å². The summed E-state index contributed by atoms with van der Waals surface area (Å²) in [5, 5.41) is 9.93. The minimum atomic E-state index is -1.04. The Morgan fingerprint density at radius 1 is 1.33 bits per heavy atom. The quantitative estimate of drug-likeness (QED) is 0.794. The minimum Gasteiger partial charge on any atom is -0.481 e. The number of aliphatic carboxylic acids is 1. The van der Waals surface area contributed by atoms with Crippen LogP contribution >= 0.6 is 0 Å². The van der Waals surface area contributed by atoms with Gasteiger partial charge in [0.2, 0.25) is 0 Å². The van der Waals surface area contributed by atoms with E-state index in [2.05, 4.69) is 4.98 Å². The number of carboxylic acids is 1. The van der Waals surface area contributed by atoms with E-state index in [-0.39, 0.29) is 12.2 Å². The number of hydrogen-bond donors (Lipinski definition) is 2. The Balaban J connectivity index is 2.24. The number of carbonyl (C=O) groups is 2. The molecule has 0 aliphatic carbocycles. The number of H-pyrrole nitrogens is 1. The molecule has 0 saturated heterocycles. The minimum absolute atomic E-state index is 0.162. The third-order valence-electron chi connectivity index (χ3n) is 3.13. The number of ketones is 1. The normalized spacial score (nSPS) is 12.5. The van der Waals surface area contributed by atoms with Gasteiger partial charge in [0.1, 0.15) is 5.92 Å². The first-order chi connectivity index (χ1) is 8.63. The van der Waals surface area contributed by atoms with Crippen LogP contribution in [0.2, 0.25) is 0 Å². The van der Waals surface area contributed by atoms with Gasteiger partial charge in [0.15, 0.2) is 5.78 Å². The van der Waals surface area contributed by atoms with Gasteiger partial charge in [-0.15, -0.1) is 0 Å². The van der Waals surface area contributed by atoms with Crippen LogP contribution in [-0.4, -0.2) is 21.8 Å². The number of hydrogen-bond acceptors (Lipinski definition) is 2. The zero-order valence-corrected chi connectivity index (χ0v) is 10.1. The summed E-state index contributed by atoms with van der Waals surface area (Å²) in [6.07, 6.45) is 2.27. The molecule has 18 heavy (non-hydrogen) atoms. The highest BCUT2D eigenvalue weighted by Crippen LogP contribution is 2.20. The van der Waals surface area contributed by atoms with Gasteiger partial charge in [-0.3, -0.25) is 9.59 Å². The predicted octanol–water partition coefficient (Wildman–Crippen LogP) is 2.39. The molecule has 1 aromatic heterocycles. The van der Waals surface area contributed by atoms with Crippen molar-refractivity contribution in [2.24, 2.45) is 5.92 Å².